The molecule has 0 rings (SSSR count). The van der Waals surface area contributed by atoms with Crippen LogP contribution in [0.4, 0.5) is 0 Å². The maximum Gasteiger partial charge on any atom is 0.264 e. The van der Waals surface area contributed by atoms with E-state index in [1.165, 1.54) is 0 Å². The van der Waals surface area contributed by atoms with Gasteiger partial charge in [0, 0.05) is 12.5 Å². The van der Waals surface area contributed by atoms with Crippen LogP contribution in [0.5, 0.6) is 0 Å². The lowest BCUT2D eigenvalue weighted by Gasteiger charge is -2.42. The zero-order valence-electron chi connectivity index (χ0n) is 17.0. The molecule has 0 aliphatic carbocycles. The van der Waals surface area contributed by atoms with Gasteiger partial charge in [0.2, 0.25) is 0 Å². The Morgan fingerprint density at radius 2 is 1.29 bits per heavy atom. The molecule has 6 heteroatoms. The standard InChI is InChI=1S/C18H38O4SSi/c1-14(2)10-11-18(12-21-23(9,19)20)13-22-24(15(3)4,16(5)6)17(7)8/h10-11,14-18H,12-13H2,1-9H3/b11-10-/t18-/m1/s1. The van der Waals surface area contributed by atoms with Crippen molar-refractivity contribution in [3.63, 3.8) is 0 Å². The average Bonchev–Trinajstić information content (AvgIpc) is 2.38. The molecule has 0 spiro atoms. The van der Waals surface area contributed by atoms with E-state index in [-0.39, 0.29) is 12.5 Å². The van der Waals surface area contributed by atoms with Crippen LogP contribution in [-0.4, -0.2) is 36.2 Å². The number of rotatable bonds is 11. The van der Waals surface area contributed by atoms with Gasteiger partial charge in [0.05, 0.1) is 12.9 Å². The van der Waals surface area contributed by atoms with Crippen LogP contribution in [0.15, 0.2) is 12.2 Å². The molecular weight excluding hydrogens is 340 g/mol. The molecule has 0 aromatic heterocycles. The minimum atomic E-state index is -3.44. The molecule has 0 saturated heterocycles. The van der Waals surface area contributed by atoms with Gasteiger partial charge in [-0.1, -0.05) is 67.5 Å². The van der Waals surface area contributed by atoms with Crippen molar-refractivity contribution < 1.29 is 17.0 Å². The SMILES string of the molecule is CC(C)/C=C\[C@@H](CO[Si](C(C)C)(C(C)C)C(C)C)COS(C)(=O)=O. The van der Waals surface area contributed by atoms with Crippen molar-refractivity contribution in [1.82, 2.24) is 0 Å². The fraction of sp³-hybridized carbons (Fsp3) is 0.889. The minimum Gasteiger partial charge on any atom is -0.415 e. The zero-order chi connectivity index (χ0) is 19.1. The summed E-state index contributed by atoms with van der Waals surface area (Å²) in [7, 11) is -5.40. The van der Waals surface area contributed by atoms with Gasteiger partial charge in [0.25, 0.3) is 10.1 Å². The summed E-state index contributed by atoms with van der Waals surface area (Å²) in [6.07, 6.45) is 5.21. The first-order valence-corrected chi connectivity index (χ1v) is 12.9. The molecule has 0 aromatic carbocycles. The van der Waals surface area contributed by atoms with Crippen molar-refractivity contribution in [3.8, 4) is 0 Å². The lowest BCUT2D eigenvalue weighted by Crippen LogP contribution is -2.48. The van der Waals surface area contributed by atoms with Crippen LogP contribution in [0, 0.1) is 11.8 Å². The number of allylic oxidation sites excluding steroid dienone is 1. The highest BCUT2D eigenvalue weighted by molar-refractivity contribution is 7.85. The molecule has 0 radical (unpaired) electrons. The molecule has 0 amide bonds. The molecule has 0 aliphatic heterocycles. The van der Waals surface area contributed by atoms with Gasteiger partial charge in [0.15, 0.2) is 8.32 Å². The monoisotopic (exact) mass is 378 g/mol. The van der Waals surface area contributed by atoms with Crippen LogP contribution < -0.4 is 0 Å². The maximum absolute atomic E-state index is 11.3. The normalized spacial score (nSPS) is 15.4. The Labute approximate surface area is 151 Å². The summed E-state index contributed by atoms with van der Waals surface area (Å²) in [5, 5.41) is 0. The van der Waals surface area contributed by atoms with E-state index in [2.05, 4.69) is 61.5 Å². The van der Waals surface area contributed by atoms with Crippen LogP contribution in [-0.2, 0) is 18.7 Å². The first kappa shape index (κ1) is 23.8. The van der Waals surface area contributed by atoms with Crippen molar-refractivity contribution in [1.29, 1.82) is 0 Å². The van der Waals surface area contributed by atoms with Crippen molar-refractivity contribution in [2.24, 2.45) is 11.8 Å². The summed E-state index contributed by atoms with van der Waals surface area (Å²) >= 11 is 0. The molecule has 24 heavy (non-hydrogen) atoms. The zero-order valence-corrected chi connectivity index (χ0v) is 18.8. The van der Waals surface area contributed by atoms with Gasteiger partial charge in [-0.3, -0.25) is 4.18 Å². The van der Waals surface area contributed by atoms with E-state index >= 15 is 0 Å². The molecule has 0 N–H and O–H groups in total. The molecule has 144 valence electrons. The number of hydrogen-bond acceptors (Lipinski definition) is 4. The third-order valence-electron chi connectivity index (χ3n) is 4.52. The molecule has 4 nitrogen and oxygen atoms in total. The van der Waals surface area contributed by atoms with E-state index in [0.29, 0.717) is 29.1 Å². The highest BCUT2D eigenvalue weighted by Crippen LogP contribution is 2.42. The van der Waals surface area contributed by atoms with Gasteiger partial charge >= 0.3 is 0 Å². The molecule has 0 fully saturated rings. The highest BCUT2D eigenvalue weighted by atomic mass is 32.2. The quantitative estimate of drug-likeness (QED) is 0.289. The number of hydrogen-bond donors (Lipinski definition) is 0. The van der Waals surface area contributed by atoms with Crippen LogP contribution >= 0.6 is 0 Å². The Hall–Kier alpha value is -0.173. The molecular formula is C18H38O4SSi. The van der Waals surface area contributed by atoms with Crippen LogP contribution in [0.3, 0.4) is 0 Å². The molecule has 1 atom stereocenters. The minimum absolute atomic E-state index is 0.0507. The lowest BCUT2D eigenvalue weighted by molar-refractivity contribution is 0.192. The van der Waals surface area contributed by atoms with Gasteiger partial charge in [0.1, 0.15) is 0 Å². The predicted octanol–water partition coefficient (Wildman–Crippen LogP) is 4.98. The molecule has 0 bridgehead atoms. The molecule has 0 heterocycles. The topological polar surface area (TPSA) is 52.6 Å². The largest absolute Gasteiger partial charge is 0.415 e. The summed E-state index contributed by atoms with van der Waals surface area (Å²) < 4.78 is 34.3. The van der Waals surface area contributed by atoms with E-state index in [9.17, 15) is 8.42 Å². The summed E-state index contributed by atoms with van der Waals surface area (Å²) in [4.78, 5) is 0. The highest BCUT2D eigenvalue weighted by Gasteiger charge is 2.45. The van der Waals surface area contributed by atoms with Crippen LogP contribution in [0.25, 0.3) is 0 Å². The fourth-order valence-electron chi connectivity index (χ4n) is 3.50. The van der Waals surface area contributed by atoms with Gasteiger partial charge in [-0.15, -0.1) is 0 Å². The predicted molar refractivity (Wildman–Crippen MR) is 105 cm³/mol. The summed E-state index contributed by atoms with van der Waals surface area (Å²) in [5.74, 6) is 0.360. The second-order valence-electron chi connectivity index (χ2n) is 8.01. The third-order valence-corrected chi connectivity index (χ3v) is 11.2. The van der Waals surface area contributed by atoms with Crippen molar-refractivity contribution in [2.75, 3.05) is 19.5 Å². The maximum atomic E-state index is 11.3. The second-order valence-corrected chi connectivity index (χ2v) is 15.1. The van der Waals surface area contributed by atoms with Gasteiger partial charge < -0.3 is 4.43 Å². The summed E-state index contributed by atoms with van der Waals surface area (Å²) in [5.41, 5.74) is 1.51. The Kier molecular flexibility index (Phi) is 10.0. The van der Waals surface area contributed by atoms with Crippen molar-refractivity contribution in [3.05, 3.63) is 12.2 Å². The lowest BCUT2D eigenvalue weighted by atomic mass is 10.1. The molecule has 0 aliphatic rings. The van der Waals surface area contributed by atoms with Gasteiger partial charge in [-0.05, 0) is 22.5 Å². The van der Waals surface area contributed by atoms with E-state index in [0.717, 1.165) is 6.26 Å². The Morgan fingerprint density at radius 1 is 0.833 bits per heavy atom. The molecule has 0 unspecified atom stereocenters. The van der Waals surface area contributed by atoms with Crippen molar-refractivity contribution in [2.45, 2.75) is 72.0 Å². The van der Waals surface area contributed by atoms with Crippen LogP contribution in [0.2, 0.25) is 16.6 Å². The Balaban J connectivity index is 5.23. The first-order chi connectivity index (χ1) is 10.8. The summed E-state index contributed by atoms with van der Waals surface area (Å²) in [6.45, 7) is 18.3. The van der Waals surface area contributed by atoms with E-state index in [1.54, 1.807) is 0 Å². The van der Waals surface area contributed by atoms with Crippen molar-refractivity contribution >= 4 is 18.4 Å². The fourth-order valence-corrected chi connectivity index (χ4v) is 9.43. The van der Waals surface area contributed by atoms with E-state index in [1.807, 2.05) is 6.08 Å². The Bertz CT molecular complexity index is 459. The summed E-state index contributed by atoms with van der Waals surface area (Å²) in [6, 6.07) is 0. The van der Waals surface area contributed by atoms with Gasteiger partial charge in [-0.2, -0.15) is 8.42 Å². The molecule has 0 aromatic rings. The Morgan fingerprint density at radius 3 is 1.62 bits per heavy atom. The smallest absolute Gasteiger partial charge is 0.264 e. The second kappa shape index (κ2) is 10.1. The third kappa shape index (κ3) is 7.81. The van der Waals surface area contributed by atoms with E-state index < -0.39 is 18.4 Å². The first-order valence-electron chi connectivity index (χ1n) is 8.99. The molecule has 0 saturated carbocycles. The van der Waals surface area contributed by atoms with Gasteiger partial charge in [-0.25, -0.2) is 0 Å². The van der Waals surface area contributed by atoms with E-state index in [4.69, 9.17) is 8.61 Å². The average molecular weight is 379 g/mol. The van der Waals surface area contributed by atoms with Crippen LogP contribution in [0.1, 0.15) is 55.4 Å².